The second kappa shape index (κ2) is 5.59. The molecule has 0 bridgehead atoms. The van der Waals surface area contributed by atoms with E-state index in [1.54, 1.807) is 46.4 Å². The topological polar surface area (TPSA) is 54.3 Å². The van der Waals surface area contributed by atoms with Crippen LogP contribution in [0.2, 0.25) is 0 Å². The number of halogens is 1. The monoisotopic (exact) mass is 330 g/mol. The van der Waals surface area contributed by atoms with Crippen LogP contribution in [0.25, 0.3) is 0 Å². The van der Waals surface area contributed by atoms with Crippen molar-refractivity contribution in [2.75, 3.05) is 0 Å². The Morgan fingerprint density at radius 1 is 1.44 bits per heavy atom. The van der Waals surface area contributed by atoms with Gasteiger partial charge in [0.2, 0.25) is 6.33 Å². The Morgan fingerprint density at radius 3 is 2.81 bits per heavy atom. The first-order valence-corrected chi connectivity index (χ1v) is 4.48. The minimum Gasteiger partial charge on any atom is -1.00 e. The Bertz CT molecular complexity index is 495. The average molecular weight is 330 g/mol. The number of para-hydroxylation sites is 1. The van der Waals surface area contributed by atoms with E-state index in [0.717, 1.165) is 0 Å². The van der Waals surface area contributed by atoms with E-state index in [-0.39, 0.29) is 29.7 Å². The lowest BCUT2D eigenvalue weighted by atomic mass is 10.2. The predicted molar refractivity (Wildman–Crippen MR) is 54.5 cm³/mol. The number of nitrogens with zero attached hydrogens (tertiary/aromatic N) is 4. The normalized spacial score (nSPS) is 10.3. The van der Waals surface area contributed by atoms with Gasteiger partial charge < -0.3 is 29.1 Å². The van der Waals surface area contributed by atoms with Gasteiger partial charge in [-0.15, -0.1) is 14.5 Å². The Morgan fingerprint density at radius 2 is 2.19 bits per heavy atom. The Kier molecular flexibility index (Phi) is 4.41. The fourth-order valence-corrected chi connectivity index (χ4v) is 1.15. The first-order valence-electron chi connectivity index (χ1n) is 4.48. The Labute approximate surface area is 110 Å². The summed E-state index contributed by atoms with van der Waals surface area (Å²) in [5.74, 6) is 0.214. The summed E-state index contributed by atoms with van der Waals surface area (Å²) < 4.78 is 3.20. The maximum Gasteiger partial charge on any atom is 0.288 e. The molecule has 0 fully saturated rings. The standard InChI is InChI=1S/C10H10N4O.HI/c1-13-8-14(7-12-13)11-6-9-4-2-3-5-10(9)15;/h2-8H,1H3;1H. The van der Waals surface area contributed by atoms with Crippen LogP contribution in [0.3, 0.4) is 0 Å². The lowest BCUT2D eigenvalue weighted by molar-refractivity contribution is -0.679. The van der Waals surface area contributed by atoms with Gasteiger partial charge in [-0.05, 0) is 12.1 Å². The van der Waals surface area contributed by atoms with E-state index in [9.17, 15) is 5.11 Å². The second-order valence-corrected chi connectivity index (χ2v) is 3.10. The summed E-state index contributed by atoms with van der Waals surface area (Å²) in [5, 5.41) is 17.5. The number of rotatable bonds is 2. The second-order valence-electron chi connectivity index (χ2n) is 3.10. The lowest BCUT2D eigenvalue weighted by Gasteiger charge is -1.94. The van der Waals surface area contributed by atoms with Gasteiger partial charge in [0.05, 0.1) is 13.3 Å². The summed E-state index contributed by atoms with van der Waals surface area (Å²) in [4.78, 5) is 0. The third kappa shape index (κ3) is 3.02. The molecule has 6 heteroatoms. The van der Waals surface area contributed by atoms with E-state index in [4.69, 9.17) is 0 Å². The van der Waals surface area contributed by atoms with Crippen molar-refractivity contribution >= 4 is 6.21 Å². The summed E-state index contributed by atoms with van der Waals surface area (Å²) >= 11 is 0. The third-order valence-corrected chi connectivity index (χ3v) is 1.90. The molecule has 84 valence electrons. The van der Waals surface area contributed by atoms with Crippen LogP contribution in [0.1, 0.15) is 5.56 Å². The molecular weight excluding hydrogens is 319 g/mol. The van der Waals surface area contributed by atoms with Crippen molar-refractivity contribution in [3.63, 3.8) is 0 Å². The van der Waals surface area contributed by atoms with E-state index < -0.39 is 0 Å². The largest absolute Gasteiger partial charge is 1.00 e. The van der Waals surface area contributed by atoms with Crippen LogP contribution in [-0.2, 0) is 7.05 Å². The van der Waals surface area contributed by atoms with Crippen molar-refractivity contribution in [3.8, 4) is 5.75 Å². The van der Waals surface area contributed by atoms with Crippen molar-refractivity contribution in [1.29, 1.82) is 0 Å². The average Bonchev–Trinajstić information content (AvgIpc) is 2.63. The molecule has 1 aromatic carbocycles. The van der Waals surface area contributed by atoms with Gasteiger partial charge in [0.25, 0.3) is 6.33 Å². The van der Waals surface area contributed by atoms with Gasteiger partial charge in [-0.1, -0.05) is 12.1 Å². The zero-order chi connectivity index (χ0) is 10.7. The molecule has 0 saturated carbocycles. The highest BCUT2D eigenvalue weighted by atomic mass is 127. The minimum atomic E-state index is 0. The predicted octanol–water partition coefficient (Wildman–Crippen LogP) is -2.70. The summed E-state index contributed by atoms with van der Waals surface area (Å²) in [5.41, 5.74) is 0.675. The van der Waals surface area contributed by atoms with Crippen molar-refractivity contribution in [1.82, 2.24) is 9.78 Å². The highest BCUT2D eigenvalue weighted by Crippen LogP contribution is 2.12. The highest BCUT2D eigenvalue weighted by molar-refractivity contribution is 5.82. The van der Waals surface area contributed by atoms with Crippen molar-refractivity contribution in [2.24, 2.45) is 12.1 Å². The number of phenols is 1. The zero-order valence-corrected chi connectivity index (χ0v) is 10.8. The van der Waals surface area contributed by atoms with E-state index in [1.807, 2.05) is 13.1 Å². The SMILES string of the molecule is Cn1c[n+](/N=C/c2ccccc2O)cn1.[I-]. The molecule has 0 spiro atoms. The number of phenolic OH excluding ortho intramolecular Hbond substituents is 1. The van der Waals surface area contributed by atoms with Gasteiger partial charge in [-0.3, -0.25) is 0 Å². The number of aryl methyl sites for hydroxylation is 1. The molecule has 0 aliphatic rings. The summed E-state index contributed by atoms with van der Waals surface area (Å²) in [6, 6.07) is 7.02. The van der Waals surface area contributed by atoms with E-state index in [2.05, 4.69) is 10.2 Å². The molecule has 0 aliphatic heterocycles. The van der Waals surface area contributed by atoms with Crippen LogP contribution >= 0.6 is 0 Å². The molecule has 2 rings (SSSR count). The molecular formula is C10H11IN4O. The fraction of sp³-hybridized carbons (Fsp3) is 0.100. The maximum atomic E-state index is 9.47. The minimum absolute atomic E-state index is 0. The highest BCUT2D eigenvalue weighted by Gasteiger charge is 1.99. The number of hydrogen-bond donors (Lipinski definition) is 1. The van der Waals surface area contributed by atoms with Gasteiger partial charge in [0.1, 0.15) is 5.75 Å². The molecule has 0 aliphatic carbocycles. The summed E-state index contributed by atoms with van der Waals surface area (Å²) in [6.07, 6.45) is 4.88. The molecule has 1 heterocycles. The van der Waals surface area contributed by atoms with E-state index in [0.29, 0.717) is 5.56 Å². The molecule has 5 nitrogen and oxygen atoms in total. The van der Waals surface area contributed by atoms with Gasteiger partial charge in [-0.25, -0.2) is 0 Å². The van der Waals surface area contributed by atoms with Crippen LogP contribution in [0.4, 0.5) is 0 Å². The van der Waals surface area contributed by atoms with Crippen LogP contribution in [-0.4, -0.2) is 21.1 Å². The molecule has 0 unspecified atom stereocenters. The summed E-state index contributed by atoms with van der Waals surface area (Å²) in [6.45, 7) is 0. The van der Waals surface area contributed by atoms with E-state index in [1.165, 1.54) is 0 Å². The smallest absolute Gasteiger partial charge is 0.288 e. The number of aromatic nitrogens is 3. The molecule has 0 amide bonds. The van der Waals surface area contributed by atoms with E-state index >= 15 is 0 Å². The van der Waals surface area contributed by atoms with Crippen molar-refractivity contribution in [2.45, 2.75) is 0 Å². The third-order valence-electron chi connectivity index (χ3n) is 1.90. The molecule has 16 heavy (non-hydrogen) atoms. The Balaban J connectivity index is 0.00000128. The molecule has 0 atom stereocenters. The zero-order valence-electron chi connectivity index (χ0n) is 8.66. The van der Waals surface area contributed by atoms with Gasteiger partial charge in [0, 0.05) is 10.7 Å². The van der Waals surface area contributed by atoms with Crippen molar-refractivity contribution in [3.05, 3.63) is 42.5 Å². The Hall–Kier alpha value is -1.44. The fourth-order valence-electron chi connectivity index (χ4n) is 1.15. The first-order chi connectivity index (χ1) is 7.25. The van der Waals surface area contributed by atoms with Gasteiger partial charge in [0.15, 0.2) is 0 Å². The quantitative estimate of drug-likeness (QED) is 0.370. The maximum absolute atomic E-state index is 9.47. The van der Waals surface area contributed by atoms with Crippen LogP contribution < -0.4 is 28.7 Å². The van der Waals surface area contributed by atoms with Crippen LogP contribution in [0.15, 0.2) is 42.0 Å². The number of hydrogen-bond acceptors (Lipinski definition) is 3. The van der Waals surface area contributed by atoms with Gasteiger partial charge in [-0.2, -0.15) is 0 Å². The molecule has 2 aromatic rings. The summed E-state index contributed by atoms with van der Waals surface area (Å²) in [7, 11) is 1.81. The molecule has 1 N–H and O–H groups in total. The number of benzene rings is 1. The van der Waals surface area contributed by atoms with Crippen LogP contribution in [0.5, 0.6) is 5.75 Å². The van der Waals surface area contributed by atoms with Crippen molar-refractivity contribution < 1.29 is 33.8 Å². The van der Waals surface area contributed by atoms with Gasteiger partial charge >= 0.3 is 0 Å². The van der Waals surface area contributed by atoms with Crippen LogP contribution in [0, 0.1) is 0 Å². The molecule has 0 saturated heterocycles. The molecule has 0 radical (unpaired) electrons. The first kappa shape index (κ1) is 12.6. The number of aromatic hydroxyl groups is 1. The molecule has 1 aromatic heterocycles. The lowest BCUT2D eigenvalue weighted by Crippen LogP contribution is -3.00.